The summed E-state index contributed by atoms with van der Waals surface area (Å²) in [6.45, 7) is 4.51. The third-order valence-electron chi connectivity index (χ3n) is 2.51. The Labute approximate surface area is 90.7 Å². The molecular formula is C12H18N2O. The Kier molecular flexibility index (Phi) is 4.16. The first-order valence-electron chi connectivity index (χ1n) is 5.25. The van der Waals surface area contributed by atoms with Gasteiger partial charge in [0.05, 0.1) is 0 Å². The molecule has 0 heterocycles. The van der Waals surface area contributed by atoms with Gasteiger partial charge in [0.15, 0.2) is 0 Å². The highest BCUT2D eigenvalue weighted by atomic mass is 16.1. The second-order valence-corrected chi connectivity index (χ2v) is 3.77. The Morgan fingerprint density at radius 1 is 1.40 bits per heavy atom. The molecule has 3 nitrogen and oxygen atoms in total. The Morgan fingerprint density at radius 2 is 2.00 bits per heavy atom. The number of hydrogen-bond donors (Lipinski definition) is 2. The normalized spacial score (nSPS) is 12.1. The minimum atomic E-state index is 0.0822. The average molecular weight is 206 g/mol. The fraction of sp³-hybridized carbons (Fsp3) is 0.417. The molecule has 0 aliphatic rings. The van der Waals surface area contributed by atoms with Gasteiger partial charge in [-0.2, -0.15) is 0 Å². The number of nitrogen functional groups attached to an aromatic ring is 1. The number of carbonyl (C=O) groups excluding carboxylic acids is 1. The van der Waals surface area contributed by atoms with Gasteiger partial charge < -0.3 is 11.1 Å². The van der Waals surface area contributed by atoms with E-state index in [-0.39, 0.29) is 11.8 Å². The van der Waals surface area contributed by atoms with Crippen LogP contribution in [0.25, 0.3) is 0 Å². The maximum atomic E-state index is 11.5. The molecule has 0 bridgehead atoms. The molecule has 0 saturated heterocycles. The zero-order chi connectivity index (χ0) is 11.3. The predicted octanol–water partition coefficient (Wildman–Crippen LogP) is 1.93. The van der Waals surface area contributed by atoms with Crippen molar-refractivity contribution in [2.24, 2.45) is 5.92 Å². The molecule has 0 aliphatic carbocycles. The van der Waals surface area contributed by atoms with Crippen molar-refractivity contribution in [3.8, 4) is 0 Å². The van der Waals surface area contributed by atoms with Gasteiger partial charge in [0, 0.05) is 18.2 Å². The summed E-state index contributed by atoms with van der Waals surface area (Å²) < 4.78 is 0. The van der Waals surface area contributed by atoms with Crippen molar-refractivity contribution in [3.05, 3.63) is 29.8 Å². The lowest BCUT2D eigenvalue weighted by atomic mass is 10.1. The maximum absolute atomic E-state index is 11.5. The molecule has 0 saturated carbocycles. The topological polar surface area (TPSA) is 55.1 Å². The van der Waals surface area contributed by atoms with Gasteiger partial charge in [-0.25, -0.2) is 0 Å². The summed E-state index contributed by atoms with van der Waals surface area (Å²) in [6, 6.07) is 7.52. The number of carbonyl (C=O) groups is 1. The Balaban J connectivity index is 2.43. The fourth-order valence-corrected chi connectivity index (χ4v) is 1.18. The summed E-state index contributed by atoms with van der Waals surface area (Å²) in [5, 5.41) is 2.89. The van der Waals surface area contributed by atoms with E-state index in [4.69, 9.17) is 5.73 Å². The standard InChI is InChI=1S/C12H18N2O/c1-3-9(2)12(15)14-8-10-4-6-11(13)7-5-10/h4-7,9H,3,8,13H2,1-2H3,(H,14,15). The van der Waals surface area contributed by atoms with Crippen LogP contribution in [0.2, 0.25) is 0 Å². The number of amides is 1. The van der Waals surface area contributed by atoms with E-state index in [0.717, 1.165) is 17.7 Å². The zero-order valence-electron chi connectivity index (χ0n) is 9.29. The SMILES string of the molecule is CCC(C)C(=O)NCc1ccc(N)cc1. The van der Waals surface area contributed by atoms with Crippen molar-refractivity contribution >= 4 is 11.6 Å². The van der Waals surface area contributed by atoms with Crippen molar-refractivity contribution in [1.82, 2.24) is 5.32 Å². The van der Waals surface area contributed by atoms with E-state index < -0.39 is 0 Å². The summed E-state index contributed by atoms with van der Waals surface area (Å²) in [5.74, 6) is 0.188. The van der Waals surface area contributed by atoms with Gasteiger partial charge in [0.25, 0.3) is 0 Å². The molecule has 1 aromatic rings. The van der Waals surface area contributed by atoms with Crippen LogP contribution in [0.3, 0.4) is 0 Å². The van der Waals surface area contributed by atoms with Crippen LogP contribution in [0.5, 0.6) is 0 Å². The molecule has 82 valence electrons. The van der Waals surface area contributed by atoms with E-state index in [2.05, 4.69) is 5.32 Å². The van der Waals surface area contributed by atoms with E-state index in [1.54, 1.807) is 0 Å². The second-order valence-electron chi connectivity index (χ2n) is 3.77. The highest BCUT2D eigenvalue weighted by molar-refractivity contribution is 5.78. The van der Waals surface area contributed by atoms with E-state index >= 15 is 0 Å². The molecule has 1 unspecified atom stereocenters. The van der Waals surface area contributed by atoms with Gasteiger partial charge in [-0.1, -0.05) is 26.0 Å². The summed E-state index contributed by atoms with van der Waals surface area (Å²) in [6.07, 6.45) is 0.869. The summed E-state index contributed by atoms with van der Waals surface area (Å²) >= 11 is 0. The highest BCUT2D eigenvalue weighted by Crippen LogP contribution is 2.06. The lowest BCUT2D eigenvalue weighted by molar-refractivity contribution is -0.124. The van der Waals surface area contributed by atoms with Crippen LogP contribution in [0.1, 0.15) is 25.8 Å². The number of hydrogen-bond acceptors (Lipinski definition) is 2. The highest BCUT2D eigenvalue weighted by Gasteiger charge is 2.08. The lowest BCUT2D eigenvalue weighted by Crippen LogP contribution is -2.28. The van der Waals surface area contributed by atoms with Crippen LogP contribution in [0.15, 0.2) is 24.3 Å². The van der Waals surface area contributed by atoms with E-state index in [1.807, 2.05) is 38.1 Å². The van der Waals surface area contributed by atoms with E-state index in [0.29, 0.717) is 6.54 Å². The molecule has 1 atom stereocenters. The molecular weight excluding hydrogens is 188 g/mol. The molecule has 0 aliphatic heterocycles. The molecule has 0 spiro atoms. The van der Waals surface area contributed by atoms with Gasteiger partial charge in [-0.05, 0) is 24.1 Å². The van der Waals surface area contributed by atoms with Crippen LogP contribution in [-0.4, -0.2) is 5.91 Å². The monoisotopic (exact) mass is 206 g/mol. The third kappa shape index (κ3) is 3.62. The Bertz CT molecular complexity index is 319. The van der Waals surface area contributed by atoms with Crippen molar-refractivity contribution < 1.29 is 4.79 Å². The number of benzene rings is 1. The number of nitrogens with two attached hydrogens (primary N) is 1. The molecule has 15 heavy (non-hydrogen) atoms. The van der Waals surface area contributed by atoms with Gasteiger partial charge in [0.2, 0.25) is 5.91 Å². The molecule has 0 aromatic heterocycles. The van der Waals surface area contributed by atoms with Crippen LogP contribution >= 0.6 is 0 Å². The molecule has 1 amide bonds. The van der Waals surface area contributed by atoms with Crippen molar-refractivity contribution in [3.63, 3.8) is 0 Å². The third-order valence-corrected chi connectivity index (χ3v) is 2.51. The lowest BCUT2D eigenvalue weighted by Gasteiger charge is -2.09. The molecule has 1 aromatic carbocycles. The second kappa shape index (κ2) is 5.39. The predicted molar refractivity (Wildman–Crippen MR) is 62.2 cm³/mol. The number of anilines is 1. The first kappa shape index (κ1) is 11.6. The molecule has 1 rings (SSSR count). The van der Waals surface area contributed by atoms with Gasteiger partial charge in [-0.15, -0.1) is 0 Å². The minimum Gasteiger partial charge on any atom is -0.399 e. The maximum Gasteiger partial charge on any atom is 0.223 e. The van der Waals surface area contributed by atoms with Crippen molar-refractivity contribution in [2.75, 3.05) is 5.73 Å². The fourth-order valence-electron chi connectivity index (χ4n) is 1.18. The Morgan fingerprint density at radius 3 is 2.53 bits per heavy atom. The molecule has 0 radical (unpaired) electrons. The number of nitrogens with one attached hydrogen (secondary N) is 1. The first-order chi connectivity index (χ1) is 7.13. The summed E-state index contributed by atoms with van der Waals surface area (Å²) in [7, 11) is 0. The minimum absolute atomic E-state index is 0.0822. The van der Waals surface area contributed by atoms with Crippen molar-refractivity contribution in [2.45, 2.75) is 26.8 Å². The molecule has 3 heteroatoms. The molecule has 0 fully saturated rings. The average Bonchev–Trinajstić information content (AvgIpc) is 2.26. The van der Waals surface area contributed by atoms with Crippen LogP contribution in [0.4, 0.5) is 5.69 Å². The van der Waals surface area contributed by atoms with Crippen LogP contribution in [-0.2, 0) is 11.3 Å². The van der Waals surface area contributed by atoms with Gasteiger partial charge in [0.1, 0.15) is 0 Å². The van der Waals surface area contributed by atoms with E-state index in [9.17, 15) is 4.79 Å². The van der Waals surface area contributed by atoms with Crippen LogP contribution in [0, 0.1) is 5.92 Å². The van der Waals surface area contributed by atoms with E-state index in [1.165, 1.54) is 0 Å². The first-order valence-corrected chi connectivity index (χ1v) is 5.25. The zero-order valence-corrected chi connectivity index (χ0v) is 9.29. The van der Waals surface area contributed by atoms with Crippen LogP contribution < -0.4 is 11.1 Å². The van der Waals surface area contributed by atoms with Gasteiger partial charge >= 0.3 is 0 Å². The smallest absolute Gasteiger partial charge is 0.223 e. The Hall–Kier alpha value is -1.51. The van der Waals surface area contributed by atoms with Gasteiger partial charge in [-0.3, -0.25) is 4.79 Å². The molecule has 3 N–H and O–H groups in total. The number of rotatable bonds is 4. The largest absolute Gasteiger partial charge is 0.399 e. The summed E-state index contributed by atoms with van der Waals surface area (Å²) in [5.41, 5.74) is 7.38. The summed E-state index contributed by atoms with van der Waals surface area (Å²) in [4.78, 5) is 11.5. The quantitative estimate of drug-likeness (QED) is 0.740. The van der Waals surface area contributed by atoms with Crippen molar-refractivity contribution in [1.29, 1.82) is 0 Å².